The Kier molecular flexibility index (Phi) is 4.93. The van der Waals surface area contributed by atoms with Gasteiger partial charge in [0.15, 0.2) is 5.78 Å². The second kappa shape index (κ2) is 6.25. The molecule has 118 valence electrons. The number of carbonyl (C=O) groups is 1. The highest BCUT2D eigenvalue weighted by Crippen LogP contribution is 2.36. The second-order valence-electron chi connectivity index (χ2n) is 4.95. The van der Waals surface area contributed by atoms with Gasteiger partial charge in [-0.2, -0.15) is 8.42 Å². The smallest absolute Gasteiger partial charge is 0.293 e. The van der Waals surface area contributed by atoms with Crippen molar-refractivity contribution in [2.24, 2.45) is 5.16 Å². The number of alkyl halides is 2. The van der Waals surface area contributed by atoms with Gasteiger partial charge in [0.2, 0.25) is 0 Å². The van der Waals surface area contributed by atoms with Crippen LogP contribution in [0.5, 0.6) is 0 Å². The van der Waals surface area contributed by atoms with E-state index in [2.05, 4.69) is 37.0 Å². The predicted octanol–water partition coefficient (Wildman–Crippen LogP) is 3.19. The molecule has 0 bridgehead atoms. The van der Waals surface area contributed by atoms with E-state index in [1.165, 1.54) is 18.2 Å². The van der Waals surface area contributed by atoms with Crippen LogP contribution in [0, 0.1) is 0 Å². The van der Waals surface area contributed by atoms with Crippen molar-refractivity contribution in [1.82, 2.24) is 0 Å². The van der Waals surface area contributed by atoms with Crippen molar-refractivity contribution in [3.8, 4) is 0 Å². The van der Waals surface area contributed by atoms with E-state index in [0.29, 0.717) is 11.3 Å². The minimum Gasteiger partial charge on any atom is -0.293 e. The normalized spacial score (nSPS) is 27.6. The Morgan fingerprint density at radius 2 is 1.86 bits per heavy atom. The SMILES string of the molecule is CC1=C/C(=N\OS(=O)(=O)c2ccccc2)C(Br)C(C)(Br)C1=O. The molecule has 0 heterocycles. The highest BCUT2D eigenvalue weighted by Gasteiger charge is 2.44. The zero-order valence-electron chi connectivity index (χ0n) is 11.8. The summed E-state index contributed by atoms with van der Waals surface area (Å²) in [6, 6.07) is 7.72. The molecule has 1 aromatic rings. The van der Waals surface area contributed by atoms with Gasteiger partial charge in [0.25, 0.3) is 0 Å². The summed E-state index contributed by atoms with van der Waals surface area (Å²) < 4.78 is 27.9. The van der Waals surface area contributed by atoms with Crippen LogP contribution in [0.15, 0.2) is 52.0 Å². The van der Waals surface area contributed by atoms with Crippen LogP contribution < -0.4 is 0 Å². The number of allylic oxidation sites excluding steroid dienone is 2. The van der Waals surface area contributed by atoms with Crippen LogP contribution in [-0.4, -0.2) is 29.1 Å². The van der Waals surface area contributed by atoms with Gasteiger partial charge in [-0.25, -0.2) is 0 Å². The Morgan fingerprint density at radius 1 is 1.27 bits per heavy atom. The standard InChI is InChI=1S/C14H13Br2NO4S/c1-9-8-11(12(15)14(2,16)13(9)18)17-21-22(19,20)10-6-4-3-5-7-10/h3-8,12H,1-2H3/b17-11+. The Bertz CT molecular complexity index is 754. The quantitative estimate of drug-likeness (QED) is 0.523. The summed E-state index contributed by atoms with van der Waals surface area (Å²) in [7, 11) is -3.99. The van der Waals surface area contributed by atoms with Crippen LogP contribution in [-0.2, 0) is 19.2 Å². The molecule has 0 aliphatic heterocycles. The number of rotatable bonds is 3. The van der Waals surface area contributed by atoms with Crippen LogP contribution in [0.3, 0.4) is 0 Å². The number of nitrogens with zero attached hydrogens (tertiary/aromatic N) is 1. The Balaban J connectivity index is 2.33. The summed E-state index contributed by atoms with van der Waals surface area (Å²) in [5, 5.41) is 3.72. The first-order valence-electron chi connectivity index (χ1n) is 6.29. The van der Waals surface area contributed by atoms with Crippen LogP contribution in [0.25, 0.3) is 0 Å². The van der Waals surface area contributed by atoms with E-state index in [1.54, 1.807) is 32.0 Å². The zero-order chi connectivity index (χ0) is 16.5. The number of carbonyl (C=O) groups excluding carboxylic acids is 1. The van der Waals surface area contributed by atoms with E-state index in [9.17, 15) is 13.2 Å². The second-order valence-corrected chi connectivity index (χ2v) is 9.04. The molecule has 0 saturated heterocycles. The summed E-state index contributed by atoms with van der Waals surface area (Å²) in [5.74, 6) is -0.0979. The molecule has 5 nitrogen and oxygen atoms in total. The summed E-state index contributed by atoms with van der Waals surface area (Å²) >= 11 is 6.70. The van der Waals surface area contributed by atoms with Crippen molar-refractivity contribution >= 4 is 53.5 Å². The minimum absolute atomic E-state index is 0.0136. The van der Waals surface area contributed by atoms with Gasteiger partial charge >= 0.3 is 10.1 Å². The average Bonchev–Trinajstić information content (AvgIpc) is 2.49. The lowest BCUT2D eigenvalue weighted by atomic mass is 9.88. The van der Waals surface area contributed by atoms with E-state index in [1.807, 2.05) is 0 Å². The predicted molar refractivity (Wildman–Crippen MR) is 91.0 cm³/mol. The molecule has 1 aliphatic rings. The average molecular weight is 451 g/mol. The third-order valence-corrected chi connectivity index (χ3v) is 7.11. The van der Waals surface area contributed by atoms with Gasteiger partial charge in [0.05, 0.1) is 10.5 Å². The van der Waals surface area contributed by atoms with Gasteiger partial charge < -0.3 is 0 Å². The van der Waals surface area contributed by atoms with Crippen LogP contribution in [0.4, 0.5) is 0 Å². The first-order valence-corrected chi connectivity index (χ1v) is 9.40. The molecule has 8 heteroatoms. The Morgan fingerprint density at radius 3 is 2.45 bits per heavy atom. The van der Waals surface area contributed by atoms with Gasteiger partial charge in [0, 0.05) is 0 Å². The van der Waals surface area contributed by atoms with Crippen LogP contribution in [0.1, 0.15) is 13.8 Å². The number of halogens is 2. The summed E-state index contributed by atoms with van der Waals surface area (Å²) in [6.07, 6.45) is 1.51. The van der Waals surface area contributed by atoms with Gasteiger partial charge in [-0.1, -0.05) is 55.2 Å². The summed E-state index contributed by atoms with van der Waals surface area (Å²) in [4.78, 5) is 11.6. The maximum Gasteiger partial charge on any atom is 0.358 e. The number of ketones is 1. The summed E-state index contributed by atoms with van der Waals surface area (Å²) in [6.45, 7) is 3.33. The highest BCUT2D eigenvalue weighted by atomic mass is 79.9. The van der Waals surface area contributed by atoms with Gasteiger partial charge in [-0.3, -0.25) is 9.08 Å². The molecule has 0 N–H and O–H groups in total. The lowest BCUT2D eigenvalue weighted by Crippen LogP contribution is -2.45. The maximum absolute atomic E-state index is 12.1. The number of benzene rings is 1. The minimum atomic E-state index is -3.99. The molecule has 0 aromatic heterocycles. The number of oxime groups is 1. The van der Waals surface area contributed by atoms with Crippen molar-refractivity contribution in [2.75, 3.05) is 0 Å². The van der Waals surface area contributed by atoms with Crippen molar-refractivity contribution < 1.29 is 17.5 Å². The largest absolute Gasteiger partial charge is 0.358 e. The van der Waals surface area contributed by atoms with E-state index >= 15 is 0 Å². The molecule has 2 unspecified atom stereocenters. The molecule has 2 atom stereocenters. The molecular formula is C14H13Br2NO4S. The number of hydrogen-bond acceptors (Lipinski definition) is 5. The molecule has 0 amide bonds. The van der Waals surface area contributed by atoms with Gasteiger partial charge in [-0.15, -0.1) is 0 Å². The fourth-order valence-corrected chi connectivity index (χ4v) is 3.67. The molecule has 2 rings (SSSR count). The Labute approximate surface area is 145 Å². The first kappa shape index (κ1) is 17.4. The monoisotopic (exact) mass is 449 g/mol. The third kappa shape index (κ3) is 3.33. The van der Waals surface area contributed by atoms with E-state index in [-0.39, 0.29) is 10.7 Å². The van der Waals surface area contributed by atoms with Crippen molar-refractivity contribution in [3.63, 3.8) is 0 Å². The molecular weight excluding hydrogens is 438 g/mol. The zero-order valence-corrected chi connectivity index (χ0v) is 15.8. The summed E-state index contributed by atoms with van der Waals surface area (Å²) in [5.41, 5.74) is 0.783. The van der Waals surface area contributed by atoms with Crippen molar-refractivity contribution in [3.05, 3.63) is 42.0 Å². The molecule has 22 heavy (non-hydrogen) atoms. The topological polar surface area (TPSA) is 72.8 Å². The third-order valence-electron chi connectivity index (χ3n) is 3.17. The van der Waals surface area contributed by atoms with Crippen LogP contribution in [0.2, 0.25) is 0 Å². The number of Topliss-reactive ketones (excluding diaryl/α,β-unsaturated/α-hetero) is 1. The lowest BCUT2D eigenvalue weighted by molar-refractivity contribution is -0.117. The molecule has 1 aliphatic carbocycles. The van der Waals surface area contributed by atoms with E-state index in [0.717, 1.165) is 0 Å². The van der Waals surface area contributed by atoms with Gasteiger partial charge in [-0.05, 0) is 37.6 Å². The number of hydrogen-bond donors (Lipinski definition) is 0. The fourth-order valence-electron chi connectivity index (χ4n) is 1.93. The fraction of sp³-hybridized carbons (Fsp3) is 0.286. The lowest BCUT2D eigenvalue weighted by Gasteiger charge is -2.30. The molecule has 1 aromatic carbocycles. The van der Waals surface area contributed by atoms with Crippen LogP contribution >= 0.6 is 31.9 Å². The molecule has 0 spiro atoms. The Hall–Kier alpha value is -0.990. The van der Waals surface area contributed by atoms with E-state index in [4.69, 9.17) is 4.28 Å². The van der Waals surface area contributed by atoms with Crippen molar-refractivity contribution in [2.45, 2.75) is 27.9 Å². The molecule has 0 fully saturated rings. The van der Waals surface area contributed by atoms with Crippen molar-refractivity contribution in [1.29, 1.82) is 0 Å². The van der Waals surface area contributed by atoms with Gasteiger partial charge in [0.1, 0.15) is 9.22 Å². The van der Waals surface area contributed by atoms with E-state index < -0.39 is 19.3 Å². The molecule has 0 radical (unpaired) electrons. The first-order chi connectivity index (χ1) is 10.2. The highest BCUT2D eigenvalue weighted by molar-refractivity contribution is 9.13. The molecule has 0 saturated carbocycles. The maximum atomic E-state index is 12.1.